The molecule has 41 heavy (non-hydrogen) atoms. The molecule has 2 aromatic carbocycles. The number of unbranched alkanes of at least 4 members (excludes halogenated alkanes) is 3. The topological polar surface area (TPSA) is 29.5 Å². The number of halogens is 1. The Kier molecular flexibility index (Phi) is 11.0. The SMILES string of the molecule is CCC[CH2][Sn]([CH2]CCC)([CH2]CCC)[c]1ccc(/C=C2\CN3[C@H]4CC[C@@H]3[C@@H](COC(=O)c3ccccc3)[C@@H]2C4)cc1Cl. The van der Waals surface area contributed by atoms with E-state index in [1.807, 2.05) is 30.3 Å². The Hall–Kier alpha value is -1.30. The van der Waals surface area contributed by atoms with Gasteiger partial charge in [0.25, 0.3) is 0 Å². The summed E-state index contributed by atoms with van der Waals surface area (Å²) in [5.74, 6) is 0.655. The molecule has 2 aromatic rings. The molecule has 4 saturated heterocycles. The van der Waals surface area contributed by atoms with Gasteiger partial charge >= 0.3 is 229 Å². The quantitative estimate of drug-likeness (QED) is 0.147. The summed E-state index contributed by atoms with van der Waals surface area (Å²) in [6, 6.07) is 17.8. The number of carbonyl (C=O) groups excluding carboxylic acids is 1. The fourth-order valence-electron chi connectivity index (χ4n) is 8.21. The van der Waals surface area contributed by atoms with E-state index in [4.69, 9.17) is 16.3 Å². The van der Waals surface area contributed by atoms with Crippen LogP contribution in [0, 0.1) is 11.8 Å². The second kappa shape index (κ2) is 14.4. The summed E-state index contributed by atoms with van der Waals surface area (Å²) in [4.78, 5) is 15.5. The molecular formula is C36H50ClNO2Sn. The molecule has 0 amide bonds. The number of ether oxygens (including phenoxy) is 1. The fourth-order valence-corrected chi connectivity index (χ4v) is 25.9. The van der Waals surface area contributed by atoms with Gasteiger partial charge in [-0.05, 0) is 12.1 Å². The third-order valence-electron chi connectivity index (χ3n) is 10.4. The van der Waals surface area contributed by atoms with Gasteiger partial charge in [-0.2, -0.15) is 0 Å². The maximum absolute atomic E-state index is 12.8. The van der Waals surface area contributed by atoms with Gasteiger partial charge in [-0.1, -0.05) is 18.2 Å². The Morgan fingerprint density at radius 2 is 1.66 bits per heavy atom. The van der Waals surface area contributed by atoms with Crippen molar-refractivity contribution in [1.82, 2.24) is 4.90 Å². The van der Waals surface area contributed by atoms with Gasteiger partial charge in [-0.25, -0.2) is 0 Å². The second-order valence-corrected chi connectivity index (χ2v) is 26.5. The Bertz CT molecular complexity index is 1180. The first kappa shape index (κ1) is 31.1. The molecule has 0 radical (unpaired) electrons. The summed E-state index contributed by atoms with van der Waals surface area (Å²) in [5, 5.41) is 1.04. The third kappa shape index (κ3) is 6.93. The predicted octanol–water partition coefficient (Wildman–Crippen LogP) is 9.12. The molecule has 5 atom stereocenters. The summed E-state index contributed by atoms with van der Waals surface area (Å²) < 4.78 is 11.8. The average molecular weight is 683 g/mol. The van der Waals surface area contributed by atoms with Crippen LogP contribution in [0.2, 0.25) is 18.3 Å². The molecule has 5 heteroatoms. The van der Waals surface area contributed by atoms with Crippen molar-refractivity contribution in [2.45, 2.75) is 104 Å². The van der Waals surface area contributed by atoms with E-state index < -0.39 is 18.4 Å². The second-order valence-electron chi connectivity index (χ2n) is 13.0. The number of nitrogens with zero attached hydrogens (tertiary/aromatic N) is 1. The van der Waals surface area contributed by atoms with Crippen molar-refractivity contribution >= 4 is 45.6 Å². The first-order chi connectivity index (χ1) is 20.0. The van der Waals surface area contributed by atoms with E-state index >= 15 is 0 Å². The van der Waals surface area contributed by atoms with E-state index in [1.165, 1.54) is 82.2 Å². The molecule has 222 valence electrons. The number of hydrogen-bond donors (Lipinski definition) is 0. The number of fused-ring (bicyclic) bond motifs is 1. The van der Waals surface area contributed by atoms with Crippen LogP contribution in [0.15, 0.2) is 54.1 Å². The number of hydrogen-bond acceptors (Lipinski definition) is 3. The molecule has 3 nitrogen and oxygen atoms in total. The van der Waals surface area contributed by atoms with Crippen LogP contribution < -0.4 is 3.58 Å². The van der Waals surface area contributed by atoms with Crippen LogP contribution in [-0.2, 0) is 4.74 Å². The van der Waals surface area contributed by atoms with Gasteiger partial charge in [0.05, 0.1) is 0 Å². The molecule has 6 rings (SSSR count). The van der Waals surface area contributed by atoms with Crippen molar-refractivity contribution in [3.63, 3.8) is 0 Å². The zero-order valence-electron chi connectivity index (χ0n) is 25.5. The van der Waals surface area contributed by atoms with Crippen LogP contribution in [0.4, 0.5) is 0 Å². The number of esters is 1. The Morgan fingerprint density at radius 1 is 0.976 bits per heavy atom. The maximum atomic E-state index is 12.8. The molecule has 4 aliphatic rings. The van der Waals surface area contributed by atoms with Crippen LogP contribution in [0.3, 0.4) is 0 Å². The molecule has 4 fully saturated rings. The van der Waals surface area contributed by atoms with Gasteiger partial charge in [-0.3, -0.25) is 0 Å². The summed E-state index contributed by atoms with van der Waals surface area (Å²) in [6.45, 7) is 8.57. The number of carbonyl (C=O) groups is 1. The van der Waals surface area contributed by atoms with Gasteiger partial charge < -0.3 is 0 Å². The number of benzene rings is 2. The number of piperidine rings is 3. The zero-order valence-corrected chi connectivity index (χ0v) is 29.2. The third-order valence-corrected chi connectivity index (χ3v) is 26.9. The van der Waals surface area contributed by atoms with E-state index in [2.05, 4.69) is 49.9 Å². The first-order valence-corrected chi connectivity index (χ1v) is 24.3. The Labute approximate surface area is 257 Å². The van der Waals surface area contributed by atoms with E-state index in [0.717, 1.165) is 11.6 Å². The Morgan fingerprint density at radius 3 is 2.29 bits per heavy atom. The normalized spacial score (nSPS) is 26.0. The molecule has 0 saturated carbocycles. The summed E-state index contributed by atoms with van der Waals surface area (Å²) in [7, 11) is 0. The van der Waals surface area contributed by atoms with Crippen molar-refractivity contribution in [2.75, 3.05) is 13.2 Å². The van der Waals surface area contributed by atoms with E-state index in [9.17, 15) is 4.79 Å². The van der Waals surface area contributed by atoms with Gasteiger partial charge in [0, 0.05) is 0 Å². The zero-order chi connectivity index (χ0) is 28.8. The van der Waals surface area contributed by atoms with Crippen molar-refractivity contribution in [3.05, 3.63) is 70.3 Å². The molecular weight excluding hydrogens is 633 g/mol. The molecule has 1 unspecified atom stereocenters. The van der Waals surface area contributed by atoms with Crippen LogP contribution >= 0.6 is 11.6 Å². The van der Waals surface area contributed by atoms with Crippen LogP contribution in [0.25, 0.3) is 6.08 Å². The van der Waals surface area contributed by atoms with Crippen molar-refractivity contribution < 1.29 is 9.53 Å². The van der Waals surface area contributed by atoms with Gasteiger partial charge in [0.15, 0.2) is 0 Å². The van der Waals surface area contributed by atoms with Crippen molar-refractivity contribution in [1.29, 1.82) is 0 Å². The monoisotopic (exact) mass is 683 g/mol. The van der Waals surface area contributed by atoms with Crippen molar-refractivity contribution in [2.24, 2.45) is 11.8 Å². The average Bonchev–Trinajstić information content (AvgIpc) is 3.32. The summed E-state index contributed by atoms with van der Waals surface area (Å²) in [6.07, 6.45) is 14.0. The van der Waals surface area contributed by atoms with E-state index in [0.29, 0.717) is 36.1 Å². The van der Waals surface area contributed by atoms with Crippen LogP contribution in [0.1, 0.15) is 94.5 Å². The minimum absolute atomic E-state index is 0.200. The predicted molar refractivity (Wildman–Crippen MR) is 176 cm³/mol. The Balaban J connectivity index is 1.37. The molecule has 0 aromatic heterocycles. The summed E-state index contributed by atoms with van der Waals surface area (Å²) >= 11 is 4.64. The number of rotatable bonds is 14. The first-order valence-electron chi connectivity index (χ1n) is 16.5. The van der Waals surface area contributed by atoms with Crippen LogP contribution in [0.5, 0.6) is 0 Å². The molecule has 0 spiro atoms. The summed E-state index contributed by atoms with van der Waals surface area (Å²) in [5.41, 5.74) is 3.39. The minimum atomic E-state index is -2.59. The van der Waals surface area contributed by atoms with Gasteiger partial charge in [0.2, 0.25) is 0 Å². The molecule has 0 N–H and O–H groups in total. The van der Waals surface area contributed by atoms with Crippen LogP contribution in [-0.4, -0.2) is 54.5 Å². The van der Waals surface area contributed by atoms with Gasteiger partial charge in [0.1, 0.15) is 0 Å². The fraction of sp³-hybridized carbons (Fsp3) is 0.583. The van der Waals surface area contributed by atoms with Gasteiger partial charge in [-0.15, -0.1) is 0 Å². The van der Waals surface area contributed by atoms with Crippen molar-refractivity contribution in [3.8, 4) is 0 Å². The molecule has 4 aliphatic heterocycles. The van der Waals surface area contributed by atoms with E-state index in [-0.39, 0.29) is 5.97 Å². The van der Waals surface area contributed by atoms with E-state index in [1.54, 1.807) is 3.58 Å². The molecule has 4 heterocycles. The molecule has 0 aliphatic carbocycles. The standard InChI is InChI=1S/C24H23ClNO2.3C4H9.Sn/c25-19-8-4-5-16(12-19)11-18-14-26-20-9-10-23(26)22(21(18)13-20)15-28-24(27)17-6-2-1-3-7-17;3*1-3-4-2;/h1-7,11-12,20-23H,9-10,13-15H2;3*1,3-4H2,2H3;/b18-11+;;;;/t20-,21+,22-,23+;;;;/m0..../s1. The molecule has 4 bridgehead atoms.